The van der Waals surface area contributed by atoms with Crippen LogP contribution in [-0.2, 0) is 24.1 Å². The van der Waals surface area contributed by atoms with E-state index in [4.69, 9.17) is 4.74 Å². The Morgan fingerprint density at radius 3 is 2.71 bits per heavy atom. The first-order valence-electron chi connectivity index (χ1n) is 9.09. The lowest BCUT2D eigenvalue weighted by Gasteiger charge is -2.34. The molecule has 1 aromatic heterocycles. The number of nitrogens with zero attached hydrogens (tertiary/aromatic N) is 1. The summed E-state index contributed by atoms with van der Waals surface area (Å²) in [5.41, 5.74) is 4.98. The van der Waals surface area contributed by atoms with E-state index in [-0.39, 0.29) is 5.97 Å². The minimum absolute atomic E-state index is 0.236. The number of benzene rings is 1. The van der Waals surface area contributed by atoms with Crippen molar-refractivity contribution in [1.29, 1.82) is 0 Å². The first-order valence-corrected chi connectivity index (χ1v) is 9.09. The Labute approximate surface area is 145 Å². The fraction of sp³-hybridized carbons (Fsp3) is 0.571. The molecule has 1 aliphatic rings. The number of hydrogen-bond acceptors (Lipinski definition) is 2. The van der Waals surface area contributed by atoms with Crippen LogP contribution in [0.2, 0.25) is 0 Å². The molecule has 1 aromatic carbocycles. The Bertz CT molecular complexity index is 764. The molecule has 0 radical (unpaired) electrons. The van der Waals surface area contributed by atoms with Crippen LogP contribution >= 0.6 is 0 Å². The second-order valence-electron chi connectivity index (χ2n) is 8.08. The van der Waals surface area contributed by atoms with Crippen LogP contribution < -0.4 is 0 Å². The Hall–Kier alpha value is -1.77. The van der Waals surface area contributed by atoms with Crippen molar-refractivity contribution in [3.05, 3.63) is 35.0 Å². The largest absolute Gasteiger partial charge is 0.465 e. The summed E-state index contributed by atoms with van der Waals surface area (Å²) in [7, 11) is 1.46. The molecule has 0 spiro atoms. The van der Waals surface area contributed by atoms with Crippen LogP contribution in [-0.4, -0.2) is 17.6 Å². The Balaban J connectivity index is 2.22. The number of aryl methyl sites for hydroxylation is 1. The highest BCUT2D eigenvalue weighted by Gasteiger charge is 2.32. The molecule has 130 valence electrons. The van der Waals surface area contributed by atoms with E-state index >= 15 is 0 Å². The van der Waals surface area contributed by atoms with Crippen molar-refractivity contribution in [2.75, 3.05) is 7.11 Å². The monoisotopic (exact) mass is 327 g/mol. The topological polar surface area (TPSA) is 31.2 Å². The maximum absolute atomic E-state index is 12.3. The molecule has 0 fully saturated rings. The van der Waals surface area contributed by atoms with Gasteiger partial charge in [0, 0.05) is 17.6 Å². The average Bonchev–Trinajstić information content (AvgIpc) is 2.87. The zero-order chi connectivity index (χ0) is 17.5. The Kier molecular flexibility index (Phi) is 4.46. The lowest BCUT2D eigenvalue weighted by atomic mass is 9.71. The predicted molar refractivity (Wildman–Crippen MR) is 98.5 cm³/mol. The van der Waals surface area contributed by atoms with Crippen LogP contribution in [0.5, 0.6) is 0 Å². The Morgan fingerprint density at radius 1 is 1.33 bits per heavy atom. The molecule has 2 aromatic rings. The summed E-state index contributed by atoms with van der Waals surface area (Å²) in [6, 6.07) is 6.07. The van der Waals surface area contributed by atoms with Crippen LogP contribution in [0.15, 0.2) is 18.2 Å². The molecule has 1 unspecified atom stereocenters. The van der Waals surface area contributed by atoms with Gasteiger partial charge in [0.05, 0.1) is 18.2 Å². The maximum atomic E-state index is 12.3. The summed E-state index contributed by atoms with van der Waals surface area (Å²) in [5, 5.41) is 1.25. The highest BCUT2D eigenvalue weighted by atomic mass is 16.5. The molecule has 0 N–H and O–H groups in total. The number of ether oxygens (including phenoxy) is 1. The van der Waals surface area contributed by atoms with Gasteiger partial charge in [-0.3, -0.25) is 0 Å². The number of rotatable bonds is 3. The van der Waals surface area contributed by atoms with E-state index in [1.54, 1.807) is 0 Å². The van der Waals surface area contributed by atoms with Gasteiger partial charge in [-0.15, -0.1) is 0 Å². The van der Waals surface area contributed by atoms with Crippen LogP contribution in [0.1, 0.15) is 62.2 Å². The van der Waals surface area contributed by atoms with Crippen molar-refractivity contribution in [1.82, 2.24) is 4.57 Å². The van der Waals surface area contributed by atoms with Crippen molar-refractivity contribution in [2.24, 2.45) is 11.3 Å². The van der Waals surface area contributed by atoms with Crippen molar-refractivity contribution in [2.45, 2.75) is 59.9 Å². The summed E-state index contributed by atoms with van der Waals surface area (Å²) in [6.45, 7) is 10.2. The molecule has 0 saturated carbocycles. The zero-order valence-corrected chi connectivity index (χ0v) is 15.6. The molecule has 0 amide bonds. The van der Waals surface area contributed by atoms with Gasteiger partial charge in [-0.05, 0) is 48.6 Å². The molecule has 24 heavy (non-hydrogen) atoms. The number of carbonyl (C=O) groups is 1. The highest BCUT2D eigenvalue weighted by molar-refractivity contribution is 6.04. The lowest BCUT2D eigenvalue weighted by Crippen LogP contribution is -2.27. The van der Waals surface area contributed by atoms with E-state index < -0.39 is 0 Å². The summed E-state index contributed by atoms with van der Waals surface area (Å²) < 4.78 is 7.42. The van der Waals surface area contributed by atoms with Crippen molar-refractivity contribution >= 4 is 16.9 Å². The first-order chi connectivity index (χ1) is 11.4. The molecule has 3 rings (SSSR count). The fourth-order valence-electron chi connectivity index (χ4n) is 4.19. The normalized spacial score (nSPS) is 17.8. The standard InChI is InChI=1S/C21H29NO2/c1-6-12-22-18-11-10-14(21(2,3)4)13-17(18)15-8-7-9-16(19(15)22)20(23)24-5/h7-9,14H,6,10-13H2,1-5H3. The van der Waals surface area contributed by atoms with Gasteiger partial charge in [-0.25, -0.2) is 4.79 Å². The van der Waals surface area contributed by atoms with Gasteiger partial charge in [0.25, 0.3) is 0 Å². The predicted octanol–water partition coefficient (Wildman–Crippen LogP) is 4.99. The molecule has 0 bridgehead atoms. The zero-order valence-electron chi connectivity index (χ0n) is 15.6. The molecule has 1 aliphatic carbocycles. The number of methoxy groups -OCH3 is 1. The second-order valence-corrected chi connectivity index (χ2v) is 8.08. The third-order valence-corrected chi connectivity index (χ3v) is 5.56. The molecular weight excluding hydrogens is 298 g/mol. The average molecular weight is 327 g/mol. The van der Waals surface area contributed by atoms with E-state index in [1.807, 2.05) is 12.1 Å². The smallest absolute Gasteiger partial charge is 0.340 e. The molecule has 3 heteroatoms. The van der Waals surface area contributed by atoms with Crippen molar-refractivity contribution in [3.8, 4) is 0 Å². The Morgan fingerprint density at radius 2 is 2.08 bits per heavy atom. The summed E-state index contributed by atoms with van der Waals surface area (Å²) in [5.74, 6) is 0.452. The molecule has 0 aliphatic heterocycles. The number of hydrogen-bond donors (Lipinski definition) is 0. The fourth-order valence-corrected chi connectivity index (χ4v) is 4.19. The van der Waals surface area contributed by atoms with E-state index in [1.165, 1.54) is 30.2 Å². The van der Waals surface area contributed by atoms with E-state index in [2.05, 4.69) is 38.3 Å². The van der Waals surface area contributed by atoms with Crippen molar-refractivity contribution in [3.63, 3.8) is 0 Å². The third-order valence-electron chi connectivity index (χ3n) is 5.56. The first kappa shape index (κ1) is 17.1. The minimum atomic E-state index is -0.236. The number of para-hydroxylation sites is 1. The number of aromatic nitrogens is 1. The van der Waals surface area contributed by atoms with E-state index in [9.17, 15) is 4.79 Å². The minimum Gasteiger partial charge on any atom is -0.465 e. The maximum Gasteiger partial charge on any atom is 0.340 e. The summed E-state index contributed by atoms with van der Waals surface area (Å²) >= 11 is 0. The van der Waals surface area contributed by atoms with Gasteiger partial charge in [-0.1, -0.05) is 39.8 Å². The molecule has 1 heterocycles. The second kappa shape index (κ2) is 6.27. The van der Waals surface area contributed by atoms with Gasteiger partial charge in [0.15, 0.2) is 0 Å². The van der Waals surface area contributed by atoms with Gasteiger partial charge in [0.1, 0.15) is 0 Å². The molecule has 3 nitrogen and oxygen atoms in total. The van der Waals surface area contributed by atoms with Crippen LogP contribution in [0.4, 0.5) is 0 Å². The summed E-state index contributed by atoms with van der Waals surface area (Å²) in [4.78, 5) is 12.3. The van der Waals surface area contributed by atoms with Crippen LogP contribution in [0, 0.1) is 11.3 Å². The lowest BCUT2D eigenvalue weighted by molar-refractivity contribution is 0.0602. The number of esters is 1. The third kappa shape index (κ3) is 2.74. The summed E-state index contributed by atoms with van der Waals surface area (Å²) in [6.07, 6.45) is 4.50. The van der Waals surface area contributed by atoms with E-state index in [0.29, 0.717) is 16.9 Å². The molecule has 0 saturated heterocycles. The quantitative estimate of drug-likeness (QED) is 0.744. The highest BCUT2D eigenvalue weighted by Crippen LogP contribution is 2.41. The van der Waals surface area contributed by atoms with Crippen LogP contribution in [0.3, 0.4) is 0 Å². The van der Waals surface area contributed by atoms with Gasteiger partial charge in [-0.2, -0.15) is 0 Å². The van der Waals surface area contributed by atoms with Crippen LogP contribution in [0.25, 0.3) is 10.9 Å². The number of fused-ring (bicyclic) bond motifs is 3. The SMILES string of the molecule is CCCn1c2c(c3cccc(C(=O)OC)c31)CC(C(C)(C)C)CC2. The van der Waals surface area contributed by atoms with Gasteiger partial charge < -0.3 is 9.30 Å². The van der Waals surface area contributed by atoms with Gasteiger partial charge >= 0.3 is 5.97 Å². The number of carbonyl (C=O) groups excluding carboxylic acids is 1. The van der Waals surface area contributed by atoms with Crippen molar-refractivity contribution < 1.29 is 9.53 Å². The molecular formula is C21H29NO2. The van der Waals surface area contributed by atoms with E-state index in [0.717, 1.165) is 31.3 Å². The molecule has 1 atom stereocenters. The van der Waals surface area contributed by atoms with Gasteiger partial charge in [0.2, 0.25) is 0 Å².